The lowest BCUT2D eigenvalue weighted by molar-refractivity contribution is -0.153. The number of ether oxygens (including phenoxy) is 1. The molecule has 0 bridgehead atoms. The maximum atomic E-state index is 14.4. The number of hydrogen-bond acceptors (Lipinski definition) is 5. The van der Waals surface area contributed by atoms with Crippen LogP contribution in [0.3, 0.4) is 0 Å². The molecule has 0 aliphatic carbocycles. The van der Waals surface area contributed by atoms with Crippen LogP contribution in [0, 0.1) is 17.8 Å². The van der Waals surface area contributed by atoms with Gasteiger partial charge in [0, 0.05) is 25.7 Å². The van der Waals surface area contributed by atoms with Gasteiger partial charge in [-0.2, -0.15) is 0 Å². The van der Waals surface area contributed by atoms with E-state index in [0.717, 1.165) is 18.4 Å². The fourth-order valence-corrected chi connectivity index (χ4v) is 7.04. The van der Waals surface area contributed by atoms with Crippen molar-refractivity contribution in [1.82, 2.24) is 14.7 Å². The molecule has 3 amide bonds. The minimum absolute atomic E-state index is 0.0142. The van der Waals surface area contributed by atoms with Gasteiger partial charge in [0.2, 0.25) is 17.7 Å². The zero-order valence-corrected chi connectivity index (χ0v) is 23.4. The van der Waals surface area contributed by atoms with Crippen molar-refractivity contribution < 1.29 is 24.2 Å². The third kappa shape index (κ3) is 4.51. The zero-order chi connectivity index (χ0) is 27.9. The molecule has 1 N–H and O–H groups in total. The van der Waals surface area contributed by atoms with Gasteiger partial charge in [-0.3, -0.25) is 14.4 Å². The number of benzene rings is 1. The Morgan fingerprint density at radius 1 is 1.03 bits per heavy atom. The number of carbonyl (C=O) groups is 3. The Kier molecular flexibility index (Phi) is 7.71. The average molecular weight is 536 g/mol. The summed E-state index contributed by atoms with van der Waals surface area (Å²) in [6.07, 6.45) is 8.79. The third-order valence-electron chi connectivity index (χ3n) is 8.98. The molecule has 0 saturated carbocycles. The van der Waals surface area contributed by atoms with Crippen molar-refractivity contribution in [3.63, 3.8) is 0 Å². The normalized spacial score (nSPS) is 31.7. The molecule has 0 aromatic heterocycles. The highest BCUT2D eigenvalue weighted by Crippen LogP contribution is 2.54. The van der Waals surface area contributed by atoms with Crippen LogP contribution in [0.5, 0.6) is 0 Å². The topological polar surface area (TPSA) is 90.4 Å². The van der Waals surface area contributed by atoms with E-state index in [4.69, 9.17) is 4.74 Å². The second-order valence-corrected chi connectivity index (χ2v) is 11.7. The lowest BCUT2D eigenvalue weighted by Crippen LogP contribution is -2.60. The highest BCUT2D eigenvalue weighted by atomic mass is 16.5. The molecule has 1 aromatic rings. The summed E-state index contributed by atoms with van der Waals surface area (Å²) in [4.78, 5) is 48.1. The molecule has 4 aliphatic rings. The van der Waals surface area contributed by atoms with Crippen LogP contribution in [-0.4, -0.2) is 87.1 Å². The standard InChI is InChI=1S/C31H41N3O5/c1-5-11-21(4)33-17-10-15-31-26(29(37)34(27(31)30(33)38)23(19-35)20(2)3)25-24(39-31)14-9-16-32(28(25)36)18-22-12-7-6-8-13-22/h6-10,12-15,20-21,23-27,35H,5,11,16-19H2,1-4H3/t21?,23-,24+,25-,26-,27?,31-/m0/s1. The second-order valence-electron chi connectivity index (χ2n) is 11.7. The van der Waals surface area contributed by atoms with E-state index in [1.807, 2.05) is 80.3 Å². The quantitative estimate of drug-likeness (QED) is 0.517. The highest BCUT2D eigenvalue weighted by molar-refractivity contribution is 6.00. The van der Waals surface area contributed by atoms with Crippen molar-refractivity contribution in [3.8, 4) is 0 Å². The van der Waals surface area contributed by atoms with Gasteiger partial charge in [-0.15, -0.1) is 0 Å². The number of nitrogens with zero attached hydrogens (tertiary/aromatic N) is 3. The summed E-state index contributed by atoms with van der Waals surface area (Å²) in [7, 11) is 0. The van der Waals surface area contributed by atoms with E-state index in [1.165, 1.54) is 0 Å². The molecule has 4 heterocycles. The fourth-order valence-electron chi connectivity index (χ4n) is 7.04. The summed E-state index contributed by atoms with van der Waals surface area (Å²) in [6.45, 7) is 9.00. The minimum atomic E-state index is -1.28. The number of likely N-dealkylation sites (tertiary alicyclic amines) is 1. The van der Waals surface area contributed by atoms with Gasteiger partial charge in [0.15, 0.2) is 0 Å². The van der Waals surface area contributed by atoms with Crippen LogP contribution in [-0.2, 0) is 25.7 Å². The van der Waals surface area contributed by atoms with Crippen molar-refractivity contribution in [2.75, 3.05) is 19.7 Å². The van der Waals surface area contributed by atoms with Gasteiger partial charge in [-0.05, 0) is 24.8 Å². The van der Waals surface area contributed by atoms with Crippen LogP contribution in [0.15, 0.2) is 54.6 Å². The van der Waals surface area contributed by atoms with Crippen LogP contribution in [0.2, 0.25) is 0 Å². The van der Waals surface area contributed by atoms with Crippen LogP contribution in [0.25, 0.3) is 0 Å². The predicted octanol–water partition coefficient (Wildman–Crippen LogP) is 2.77. The maximum Gasteiger partial charge on any atom is 0.249 e. The third-order valence-corrected chi connectivity index (χ3v) is 8.98. The summed E-state index contributed by atoms with van der Waals surface area (Å²) in [6, 6.07) is 8.28. The molecular formula is C31H41N3O5. The monoisotopic (exact) mass is 535 g/mol. The van der Waals surface area contributed by atoms with Gasteiger partial charge in [-0.25, -0.2) is 0 Å². The van der Waals surface area contributed by atoms with E-state index in [9.17, 15) is 19.5 Å². The summed E-state index contributed by atoms with van der Waals surface area (Å²) in [5.41, 5.74) is -0.267. The number of rotatable bonds is 8. The first-order valence-corrected chi connectivity index (χ1v) is 14.3. The van der Waals surface area contributed by atoms with E-state index < -0.39 is 35.6 Å². The van der Waals surface area contributed by atoms with Gasteiger partial charge in [0.1, 0.15) is 11.6 Å². The Balaban J connectivity index is 1.58. The van der Waals surface area contributed by atoms with Crippen molar-refractivity contribution in [3.05, 3.63) is 60.2 Å². The Morgan fingerprint density at radius 3 is 2.44 bits per heavy atom. The SMILES string of the molecule is CCCC(C)N1CC=C[C@]23O[C@@H]4C=CCN(Cc5ccccc5)C(=O)[C@@H]4[C@H]2C(=O)N([C@@H](CO)C(C)C)C3C1=O. The molecule has 8 nitrogen and oxygen atoms in total. The molecule has 2 unspecified atom stereocenters. The molecule has 2 fully saturated rings. The van der Waals surface area contributed by atoms with Crippen LogP contribution in [0.4, 0.5) is 0 Å². The minimum Gasteiger partial charge on any atom is -0.394 e. The molecule has 2 saturated heterocycles. The second kappa shape index (κ2) is 10.9. The average Bonchev–Trinajstić information content (AvgIpc) is 3.23. The maximum absolute atomic E-state index is 14.4. The van der Waals surface area contributed by atoms with Gasteiger partial charge in [-0.1, -0.05) is 81.8 Å². The van der Waals surface area contributed by atoms with E-state index in [1.54, 1.807) is 9.80 Å². The molecule has 39 heavy (non-hydrogen) atoms. The number of aliphatic hydroxyl groups excluding tert-OH is 1. The Labute approximate surface area is 231 Å². The smallest absolute Gasteiger partial charge is 0.249 e. The Morgan fingerprint density at radius 2 is 1.77 bits per heavy atom. The lowest BCUT2D eigenvalue weighted by Gasteiger charge is -2.41. The number of fused-ring (bicyclic) bond motifs is 2. The van der Waals surface area contributed by atoms with Gasteiger partial charge < -0.3 is 24.5 Å². The van der Waals surface area contributed by atoms with Crippen molar-refractivity contribution in [2.24, 2.45) is 17.8 Å². The zero-order valence-electron chi connectivity index (χ0n) is 23.4. The van der Waals surface area contributed by atoms with Crippen molar-refractivity contribution >= 4 is 17.7 Å². The molecule has 210 valence electrons. The lowest BCUT2D eigenvalue weighted by atomic mass is 9.77. The van der Waals surface area contributed by atoms with Crippen LogP contribution in [0.1, 0.15) is 46.1 Å². The van der Waals surface area contributed by atoms with E-state index in [0.29, 0.717) is 19.6 Å². The Hall–Kier alpha value is -2.97. The van der Waals surface area contributed by atoms with E-state index >= 15 is 0 Å². The molecule has 1 aromatic carbocycles. The molecule has 5 rings (SSSR count). The number of amides is 3. The number of hydrogen-bond donors (Lipinski definition) is 1. The fraction of sp³-hybridized carbons (Fsp3) is 0.581. The molecule has 1 spiro atoms. The van der Waals surface area contributed by atoms with Crippen LogP contribution < -0.4 is 0 Å². The van der Waals surface area contributed by atoms with E-state index in [-0.39, 0.29) is 36.3 Å². The van der Waals surface area contributed by atoms with Crippen molar-refractivity contribution in [1.29, 1.82) is 0 Å². The summed E-state index contributed by atoms with van der Waals surface area (Å²) < 4.78 is 6.73. The van der Waals surface area contributed by atoms with Gasteiger partial charge in [0.05, 0.1) is 30.6 Å². The molecule has 0 radical (unpaired) electrons. The van der Waals surface area contributed by atoms with Crippen LogP contribution >= 0.6 is 0 Å². The first-order chi connectivity index (χ1) is 18.7. The highest BCUT2D eigenvalue weighted by Gasteiger charge is 2.72. The summed E-state index contributed by atoms with van der Waals surface area (Å²) >= 11 is 0. The van der Waals surface area contributed by atoms with Crippen molar-refractivity contribution in [2.45, 2.75) is 76.9 Å². The van der Waals surface area contributed by atoms with Gasteiger partial charge >= 0.3 is 0 Å². The molecule has 8 heteroatoms. The van der Waals surface area contributed by atoms with Gasteiger partial charge in [0.25, 0.3) is 0 Å². The molecule has 4 aliphatic heterocycles. The first-order valence-electron chi connectivity index (χ1n) is 14.3. The summed E-state index contributed by atoms with van der Waals surface area (Å²) in [5, 5.41) is 10.4. The molecular weight excluding hydrogens is 494 g/mol. The first kappa shape index (κ1) is 27.6. The Bertz CT molecular complexity index is 1150. The molecule has 7 atom stereocenters. The summed E-state index contributed by atoms with van der Waals surface area (Å²) in [5.74, 6) is -2.30. The number of carbonyl (C=O) groups excluding carboxylic acids is 3. The number of aliphatic hydroxyl groups is 1. The predicted molar refractivity (Wildman–Crippen MR) is 147 cm³/mol. The largest absolute Gasteiger partial charge is 0.394 e. The van der Waals surface area contributed by atoms with E-state index in [2.05, 4.69) is 6.92 Å².